The van der Waals surface area contributed by atoms with Gasteiger partial charge in [0.25, 0.3) is 0 Å². The van der Waals surface area contributed by atoms with E-state index < -0.39 is 0 Å². The van der Waals surface area contributed by atoms with E-state index in [2.05, 4.69) is 25.8 Å². The third-order valence-corrected chi connectivity index (χ3v) is 6.32. The summed E-state index contributed by atoms with van der Waals surface area (Å²) in [6.07, 6.45) is 1.16. The monoisotopic (exact) mass is 283 g/mol. The maximum absolute atomic E-state index is 5.92. The van der Waals surface area contributed by atoms with Gasteiger partial charge < -0.3 is 5.73 Å². The van der Waals surface area contributed by atoms with Crippen LogP contribution in [0.15, 0.2) is 6.07 Å². The van der Waals surface area contributed by atoms with Crippen LogP contribution in [-0.2, 0) is 0 Å². The molecule has 0 spiro atoms. The minimum absolute atomic E-state index is 0.398. The van der Waals surface area contributed by atoms with Gasteiger partial charge in [-0.05, 0) is 12.3 Å². The maximum atomic E-state index is 5.92. The highest BCUT2D eigenvalue weighted by molar-refractivity contribution is 8.06. The summed E-state index contributed by atoms with van der Waals surface area (Å²) < 4.78 is 0. The van der Waals surface area contributed by atoms with Gasteiger partial charge in [0.15, 0.2) is 0 Å². The molecule has 3 nitrogen and oxygen atoms in total. The first-order valence-corrected chi connectivity index (χ1v) is 8.59. The number of hydrogen-bond donors (Lipinski definition) is 1. The van der Waals surface area contributed by atoms with Gasteiger partial charge in [-0.25, -0.2) is 9.97 Å². The molecule has 100 valence electrons. The quantitative estimate of drug-likeness (QED) is 0.920. The summed E-state index contributed by atoms with van der Waals surface area (Å²) in [4.78, 5) is 9.20. The Morgan fingerprint density at radius 1 is 1.33 bits per heavy atom. The van der Waals surface area contributed by atoms with E-state index in [-0.39, 0.29) is 0 Å². The number of aromatic nitrogens is 2. The first kappa shape index (κ1) is 14.0. The molecule has 2 heterocycles. The number of thioether (sulfide) groups is 2. The molecule has 1 aromatic rings. The minimum Gasteiger partial charge on any atom is -0.384 e. The van der Waals surface area contributed by atoms with Gasteiger partial charge in [-0.3, -0.25) is 0 Å². The average molecular weight is 283 g/mol. The summed E-state index contributed by atoms with van der Waals surface area (Å²) in [6.45, 7) is 6.53. The van der Waals surface area contributed by atoms with E-state index in [9.17, 15) is 0 Å². The minimum atomic E-state index is 0.398. The molecule has 1 aliphatic heterocycles. The highest BCUT2D eigenvalue weighted by atomic mass is 32.2. The second kappa shape index (κ2) is 6.15. The number of nitrogens with zero attached hydrogens (tertiary/aromatic N) is 2. The van der Waals surface area contributed by atoms with Crippen LogP contribution in [0, 0.1) is 0 Å². The molecule has 0 aromatic carbocycles. The molecule has 18 heavy (non-hydrogen) atoms. The second-order valence-corrected chi connectivity index (χ2v) is 7.44. The van der Waals surface area contributed by atoms with E-state index in [1.165, 1.54) is 11.5 Å². The first-order valence-electron chi connectivity index (χ1n) is 6.49. The SMILES string of the molecule is CCC1SCCSC1c1nc(N)cc(C(C)C)n1. The lowest BCUT2D eigenvalue weighted by atomic mass is 10.1. The Bertz CT molecular complexity index is 409. The fourth-order valence-electron chi connectivity index (χ4n) is 2.07. The van der Waals surface area contributed by atoms with E-state index in [1.54, 1.807) is 0 Å². The highest BCUT2D eigenvalue weighted by Crippen LogP contribution is 2.43. The summed E-state index contributed by atoms with van der Waals surface area (Å²) in [7, 11) is 0. The molecule has 1 fully saturated rings. The van der Waals surface area contributed by atoms with Crippen molar-refractivity contribution in [2.24, 2.45) is 0 Å². The zero-order valence-electron chi connectivity index (χ0n) is 11.2. The molecule has 2 atom stereocenters. The van der Waals surface area contributed by atoms with E-state index in [4.69, 9.17) is 10.7 Å². The van der Waals surface area contributed by atoms with E-state index in [1.807, 2.05) is 29.6 Å². The number of anilines is 1. The molecule has 1 aliphatic rings. The Morgan fingerprint density at radius 2 is 2.06 bits per heavy atom. The number of nitrogen functional groups attached to an aromatic ring is 1. The van der Waals surface area contributed by atoms with Crippen molar-refractivity contribution in [2.45, 2.75) is 43.6 Å². The Kier molecular flexibility index (Phi) is 4.78. The van der Waals surface area contributed by atoms with E-state index >= 15 is 0 Å². The van der Waals surface area contributed by atoms with Crippen LogP contribution in [-0.4, -0.2) is 26.7 Å². The van der Waals surface area contributed by atoms with Crippen LogP contribution in [0.25, 0.3) is 0 Å². The molecule has 1 saturated heterocycles. The Hall–Kier alpha value is -0.420. The Morgan fingerprint density at radius 3 is 2.72 bits per heavy atom. The van der Waals surface area contributed by atoms with Crippen LogP contribution in [0.2, 0.25) is 0 Å². The van der Waals surface area contributed by atoms with Gasteiger partial charge in [0.05, 0.1) is 5.25 Å². The molecule has 5 heteroatoms. The molecule has 2 unspecified atom stereocenters. The summed E-state index contributed by atoms with van der Waals surface area (Å²) in [5, 5.41) is 1.01. The van der Waals surface area contributed by atoms with Crippen molar-refractivity contribution in [3.8, 4) is 0 Å². The largest absolute Gasteiger partial charge is 0.384 e. The van der Waals surface area contributed by atoms with Gasteiger partial charge in [-0.1, -0.05) is 20.8 Å². The first-order chi connectivity index (χ1) is 8.61. The molecular formula is C13H21N3S2. The van der Waals surface area contributed by atoms with Crippen molar-refractivity contribution in [2.75, 3.05) is 17.2 Å². The zero-order valence-corrected chi connectivity index (χ0v) is 12.9. The lowest BCUT2D eigenvalue weighted by Gasteiger charge is -2.29. The van der Waals surface area contributed by atoms with Gasteiger partial charge in [-0.2, -0.15) is 11.8 Å². The molecule has 2 N–H and O–H groups in total. The molecule has 0 radical (unpaired) electrons. The van der Waals surface area contributed by atoms with Crippen molar-refractivity contribution in [3.05, 3.63) is 17.6 Å². The smallest absolute Gasteiger partial charge is 0.145 e. The molecule has 0 bridgehead atoms. The fraction of sp³-hybridized carbons (Fsp3) is 0.692. The summed E-state index contributed by atoms with van der Waals surface area (Å²) in [5.74, 6) is 4.35. The van der Waals surface area contributed by atoms with Crippen LogP contribution in [0.4, 0.5) is 5.82 Å². The van der Waals surface area contributed by atoms with Gasteiger partial charge in [-0.15, -0.1) is 11.8 Å². The van der Waals surface area contributed by atoms with Crippen molar-refractivity contribution >= 4 is 29.3 Å². The predicted octanol–water partition coefficient (Wildman–Crippen LogP) is 3.48. The Labute approximate surface area is 118 Å². The van der Waals surface area contributed by atoms with Crippen LogP contribution >= 0.6 is 23.5 Å². The van der Waals surface area contributed by atoms with Crippen molar-refractivity contribution in [1.82, 2.24) is 9.97 Å². The second-order valence-electron chi connectivity index (χ2n) is 4.84. The van der Waals surface area contributed by atoms with Crippen LogP contribution in [0.5, 0.6) is 0 Å². The van der Waals surface area contributed by atoms with Gasteiger partial charge in [0, 0.05) is 28.5 Å². The normalized spacial score (nSPS) is 24.4. The van der Waals surface area contributed by atoms with Gasteiger partial charge in [0.2, 0.25) is 0 Å². The summed E-state index contributed by atoms with van der Waals surface area (Å²) in [6, 6.07) is 1.90. The van der Waals surface area contributed by atoms with Crippen molar-refractivity contribution in [3.63, 3.8) is 0 Å². The summed E-state index contributed by atoms with van der Waals surface area (Å²) >= 11 is 4.02. The fourth-order valence-corrected chi connectivity index (χ4v) is 5.06. The molecular weight excluding hydrogens is 262 g/mol. The van der Waals surface area contributed by atoms with Crippen LogP contribution < -0.4 is 5.73 Å². The van der Waals surface area contributed by atoms with Gasteiger partial charge >= 0.3 is 0 Å². The number of rotatable bonds is 3. The molecule has 1 aromatic heterocycles. The van der Waals surface area contributed by atoms with Gasteiger partial charge in [0.1, 0.15) is 11.6 Å². The predicted molar refractivity (Wildman–Crippen MR) is 82.3 cm³/mol. The molecule has 2 rings (SSSR count). The maximum Gasteiger partial charge on any atom is 0.145 e. The number of hydrogen-bond acceptors (Lipinski definition) is 5. The van der Waals surface area contributed by atoms with Crippen LogP contribution in [0.3, 0.4) is 0 Å². The number of nitrogens with two attached hydrogens (primary N) is 1. The lowest BCUT2D eigenvalue weighted by Crippen LogP contribution is -2.21. The van der Waals surface area contributed by atoms with Crippen LogP contribution in [0.1, 0.15) is 49.9 Å². The molecule has 0 aliphatic carbocycles. The van der Waals surface area contributed by atoms with Crippen molar-refractivity contribution in [1.29, 1.82) is 0 Å². The summed E-state index contributed by atoms with van der Waals surface area (Å²) in [5.41, 5.74) is 6.98. The molecule has 0 amide bonds. The van der Waals surface area contributed by atoms with E-state index in [0.29, 0.717) is 22.2 Å². The van der Waals surface area contributed by atoms with E-state index in [0.717, 1.165) is 17.9 Å². The third kappa shape index (κ3) is 3.12. The lowest BCUT2D eigenvalue weighted by molar-refractivity contribution is 0.725. The topological polar surface area (TPSA) is 51.8 Å². The zero-order chi connectivity index (χ0) is 13.1. The molecule has 0 saturated carbocycles. The average Bonchev–Trinajstić information content (AvgIpc) is 2.38. The third-order valence-electron chi connectivity index (χ3n) is 3.08. The van der Waals surface area contributed by atoms with Crippen molar-refractivity contribution < 1.29 is 0 Å². The standard InChI is InChI=1S/C13H21N3S2/c1-4-10-12(18-6-5-17-10)13-15-9(8(2)3)7-11(14)16-13/h7-8,10,12H,4-6H2,1-3H3,(H2,14,15,16). The highest BCUT2D eigenvalue weighted by Gasteiger charge is 2.29. The Balaban J connectivity index is 2.30.